The summed E-state index contributed by atoms with van der Waals surface area (Å²) in [6, 6.07) is 15.3. The molecule has 6 heteroatoms. The van der Waals surface area contributed by atoms with Gasteiger partial charge >= 0.3 is 5.69 Å². The van der Waals surface area contributed by atoms with Crippen molar-refractivity contribution in [3.05, 3.63) is 64.6 Å². The van der Waals surface area contributed by atoms with E-state index in [0.717, 1.165) is 42.5 Å². The molecule has 0 radical (unpaired) electrons. The van der Waals surface area contributed by atoms with E-state index in [1.807, 2.05) is 58.0 Å². The average molecular weight is 393 g/mol. The van der Waals surface area contributed by atoms with Gasteiger partial charge in [0.25, 0.3) is 5.91 Å². The van der Waals surface area contributed by atoms with Crippen LogP contribution in [0.2, 0.25) is 0 Å². The van der Waals surface area contributed by atoms with Crippen LogP contribution in [0.15, 0.2) is 53.3 Å². The van der Waals surface area contributed by atoms with E-state index in [1.165, 1.54) is 0 Å². The van der Waals surface area contributed by atoms with Gasteiger partial charge in [0, 0.05) is 24.7 Å². The fraction of sp³-hybridized carbons (Fsp3) is 0.391. The topological polar surface area (TPSA) is 67.3 Å². The Morgan fingerprint density at radius 3 is 2.55 bits per heavy atom. The van der Waals surface area contributed by atoms with Crippen LogP contribution in [0.25, 0.3) is 11.0 Å². The highest BCUT2D eigenvalue weighted by Gasteiger charge is 2.26. The number of ether oxygens (including phenoxy) is 1. The number of amides is 1. The van der Waals surface area contributed by atoms with E-state index >= 15 is 0 Å². The third-order valence-electron chi connectivity index (χ3n) is 5.61. The first-order chi connectivity index (χ1) is 14.2. The second-order valence-corrected chi connectivity index (χ2v) is 7.57. The molecule has 0 unspecified atom stereocenters. The van der Waals surface area contributed by atoms with Crippen molar-refractivity contribution in [1.29, 1.82) is 0 Å². The van der Waals surface area contributed by atoms with Crippen LogP contribution in [0.5, 0.6) is 5.75 Å². The van der Waals surface area contributed by atoms with Gasteiger partial charge in [0.2, 0.25) is 0 Å². The van der Waals surface area contributed by atoms with Crippen LogP contribution < -0.4 is 10.4 Å². The summed E-state index contributed by atoms with van der Waals surface area (Å²) in [5, 5.41) is 0. The second-order valence-electron chi connectivity index (χ2n) is 7.57. The van der Waals surface area contributed by atoms with E-state index < -0.39 is 0 Å². The molecule has 0 spiro atoms. The highest BCUT2D eigenvalue weighted by molar-refractivity contribution is 5.94. The van der Waals surface area contributed by atoms with Crippen molar-refractivity contribution >= 4 is 16.9 Å². The number of nitrogens with zero attached hydrogens (tertiary/aromatic N) is 2. The van der Waals surface area contributed by atoms with Crippen LogP contribution in [-0.4, -0.2) is 40.1 Å². The number of unbranched alkanes of at least 4 members (excludes halogenated alkanes) is 1. The molecule has 1 aliphatic heterocycles. The van der Waals surface area contributed by atoms with Crippen molar-refractivity contribution in [2.24, 2.45) is 0 Å². The van der Waals surface area contributed by atoms with Gasteiger partial charge in [-0.1, -0.05) is 25.5 Å². The minimum atomic E-state index is -0.0744. The summed E-state index contributed by atoms with van der Waals surface area (Å²) in [7, 11) is 0. The molecule has 1 amide bonds. The van der Waals surface area contributed by atoms with Gasteiger partial charge in [-0.25, -0.2) is 4.79 Å². The number of aromatic amines is 1. The van der Waals surface area contributed by atoms with Crippen molar-refractivity contribution in [3.8, 4) is 5.75 Å². The number of para-hydroxylation sites is 2. The molecule has 2 heterocycles. The maximum Gasteiger partial charge on any atom is 0.326 e. The second kappa shape index (κ2) is 8.55. The number of rotatable bonds is 6. The Labute approximate surface area is 170 Å². The monoisotopic (exact) mass is 393 g/mol. The lowest BCUT2D eigenvalue weighted by Crippen LogP contribution is -2.40. The lowest BCUT2D eigenvalue weighted by atomic mass is 10.0. The normalized spacial score (nSPS) is 15.0. The van der Waals surface area contributed by atoms with Crippen LogP contribution in [-0.2, 0) is 0 Å². The number of carbonyl (C=O) groups excluding carboxylic acids is 1. The maximum atomic E-state index is 12.9. The molecule has 1 aliphatic rings. The summed E-state index contributed by atoms with van der Waals surface area (Å²) in [6.45, 7) is 4.11. The summed E-state index contributed by atoms with van der Waals surface area (Å²) in [6.07, 6.45) is 3.66. The zero-order valence-corrected chi connectivity index (χ0v) is 16.8. The molecule has 1 N–H and O–H groups in total. The van der Waals surface area contributed by atoms with Crippen molar-refractivity contribution < 1.29 is 9.53 Å². The van der Waals surface area contributed by atoms with Gasteiger partial charge in [-0.2, -0.15) is 0 Å². The largest absolute Gasteiger partial charge is 0.494 e. The van der Waals surface area contributed by atoms with E-state index in [1.54, 1.807) is 0 Å². The molecule has 3 aromatic rings. The predicted octanol–water partition coefficient (Wildman–Crippen LogP) is 3.99. The third-order valence-corrected chi connectivity index (χ3v) is 5.61. The number of likely N-dealkylation sites (tertiary alicyclic amines) is 1. The van der Waals surface area contributed by atoms with Gasteiger partial charge in [-0.05, 0) is 55.7 Å². The van der Waals surface area contributed by atoms with E-state index in [-0.39, 0.29) is 17.6 Å². The Morgan fingerprint density at radius 1 is 1.10 bits per heavy atom. The zero-order chi connectivity index (χ0) is 20.2. The number of benzene rings is 2. The fourth-order valence-corrected chi connectivity index (χ4v) is 3.97. The van der Waals surface area contributed by atoms with Gasteiger partial charge < -0.3 is 14.6 Å². The van der Waals surface area contributed by atoms with Crippen LogP contribution in [0.4, 0.5) is 0 Å². The maximum absolute atomic E-state index is 12.9. The Balaban J connectivity index is 1.39. The number of fused-ring (bicyclic) bond motifs is 1. The van der Waals surface area contributed by atoms with E-state index in [4.69, 9.17) is 4.74 Å². The SMILES string of the molecule is CCCCOc1ccc(C(=O)N2CCC(n3c(=O)[nH]c4ccccc43)CC2)cc1. The number of carbonyl (C=O) groups is 1. The molecule has 0 atom stereocenters. The Morgan fingerprint density at radius 2 is 1.83 bits per heavy atom. The number of piperidine rings is 1. The molecule has 1 fully saturated rings. The average Bonchev–Trinajstić information content (AvgIpc) is 3.10. The van der Waals surface area contributed by atoms with Crippen LogP contribution in [0.3, 0.4) is 0 Å². The van der Waals surface area contributed by atoms with Crippen molar-refractivity contribution in [2.45, 2.75) is 38.6 Å². The minimum absolute atomic E-state index is 0.0369. The summed E-state index contributed by atoms with van der Waals surface area (Å²) >= 11 is 0. The Bertz CT molecular complexity index is 1030. The summed E-state index contributed by atoms with van der Waals surface area (Å²) in [5.41, 5.74) is 2.39. The van der Waals surface area contributed by atoms with Gasteiger partial charge in [0.1, 0.15) is 5.75 Å². The molecule has 0 aliphatic carbocycles. The van der Waals surface area contributed by atoms with Crippen LogP contribution >= 0.6 is 0 Å². The third kappa shape index (κ3) is 4.06. The first-order valence-corrected chi connectivity index (χ1v) is 10.4. The summed E-state index contributed by atoms with van der Waals surface area (Å²) in [4.78, 5) is 30.1. The molecule has 0 bridgehead atoms. The molecule has 4 rings (SSSR count). The number of aromatic nitrogens is 2. The highest BCUT2D eigenvalue weighted by Crippen LogP contribution is 2.26. The van der Waals surface area contributed by atoms with Gasteiger partial charge in [-0.3, -0.25) is 9.36 Å². The summed E-state index contributed by atoms with van der Waals surface area (Å²) < 4.78 is 7.51. The first-order valence-electron chi connectivity index (χ1n) is 10.4. The predicted molar refractivity (Wildman–Crippen MR) is 114 cm³/mol. The first kappa shape index (κ1) is 19.3. The molecule has 1 saturated heterocycles. The molecule has 29 heavy (non-hydrogen) atoms. The fourth-order valence-electron chi connectivity index (χ4n) is 3.97. The smallest absolute Gasteiger partial charge is 0.326 e. The lowest BCUT2D eigenvalue weighted by Gasteiger charge is -2.32. The Hall–Kier alpha value is -3.02. The highest BCUT2D eigenvalue weighted by atomic mass is 16.5. The molecule has 1 aromatic heterocycles. The zero-order valence-electron chi connectivity index (χ0n) is 16.8. The number of hydrogen-bond donors (Lipinski definition) is 1. The van der Waals surface area contributed by atoms with Crippen molar-refractivity contribution in [2.75, 3.05) is 19.7 Å². The number of H-pyrrole nitrogens is 1. The lowest BCUT2D eigenvalue weighted by molar-refractivity contribution is 0.0695. The van der Waals surface area contributed by atoms with Crippen LogP contribution in [0, 0.1) is 0 Å². The van der Waals surface area contributed by atoms with Gasteiger partial charge in [-0.15, -0.1) is 0 Å². The van der Waals surface area contributed by atoms with Gasteiger partial charge in [0.05, 0.1) is 17.6 Å². The van der Waals surface area contributed by atoms with Crippen molar-refractivity contribution in [1.82, 2.24) is 14.5 Å². The number of imidazole rings is 1. The number of nitrogens with one attached hydrogen (secondary N) is 1. The molecular weight excluding hydrogens is 366 g/mol. The summed E-state index contributed by atoms with van der Waals surface area (Å²) in [5.74, 6) is 0.835. The minimum Gasteiger partial charge on any atom is -0.494 e. The van der Waals surface area contributed by atoms with E-state index in [9.17, 15) is 9.59 Å². The molecule has 0 saturated carbocycles. The molecular formula is C23H27N3O3. The van der Waals surface area contributed by atoms with Gasteiger partial charge in [0.15, 0.2) is 0 Å². The standard InChI is InChI=1S/C23H27N3O3/c1-2-3-16-29-19-10-8-17(9-11-19)22(27)25-14-12-18(13-15-25)26-21-7-5-4-6-20(21)24-23(26)28/h4-11,18H,2-3,12-16H2,1H3,(H,24,28). The van der Waals surface area contributed by atoms with Crippen molar-refractivity contribution in [3.63, 3.8) is 0 Å². The van der Waals surface area contributed by atoms with E-state index in [2.05, 4.69) is 11.9 Å². The molecule has 6 nitrogen and oxygen atoms in total. The van der Waals surface area contributed by atoms with E-state index in [0.29, 0.717) is 25.3 Å². The molecule has 2 aromatic carbocycles. The molecule has 152 valence electrons. The number of hydrogen-bond acceptors (Lipinski definition) is 3. The Kier molecular flexibility index (Phi) is 5.69. The van der Waals surface area contributed by atoms with Crippen LogP contribution in [0.1, 0.15) is 49.0 Å². The quantitative estimate of drug-likeness (QED) is 0.644.